The van der Waals surface area contributed by atoms with Gasteiger partial charge in [0.15, 0.2) is 6.29 Å². The van der Waals surface area contributed by atoms with Crippen LogP contribution in [0.1, 0.15) is 47.4 Å². The van der Waals surface area contributed by atoms with E-state index in [9.17, 15) is 9.59 Å². The Hall–Kier alpha value is -1.72. The van der Waals surface area contributed by atoms with Crippen LogP contribution >= 0.6 is 0 Å². The van der Waals surface area contributed by atoms with Crippen LogP contribution in [0.2, 0.25) is 0 Å². The fourth-order valence-corrected chi connectivity index (χ4v) is 1.91. The van der Waals surface area contributed by atoms with Crippen molar-refractivity contribution < 1.29 is 19.1 Å². The van der Waals surface area contributed by atoms with Gasteiger partial charge in [0.1, 0.15) is 6.29 Å². The lowest BCUT2D eigenvalue weighted by Gasteiger charge is -2.16. The molecule has 21 heavy (non-hydrogen) atoms. The molecule has 0 aliphatic rings. The average molecular weight is 293 g/mol. The number of ether oxygens (including phenoxy) is 2. The van der Waals surface area contributed by atoms with Gasteiger partial charge in [-0.25, -0.2) is 0 Å². The number of nitrogens with one attached hydrogen (secondary N) is 1. The smallest absolute Gasteiger partial charge is 0.251 e. The minimum absolute atomic E-state index is 0.178. The summed E-state index contributed by atoms with van der Waals surface area (Å²) in [4.78, 5) is 22.6. The molecule has 0 saturated carbocycles. The van der Waals surface area contributed by atoms with Gasteiger partial charge in [-0.2, -0.15) is 0 Å². The maximum Gasteiger partial charge on any atom is 0.251 e. The predicted molar refractivity (Wildman–Crippen MR) is 80.4 cm³/mol. The molecule has 116 valence electrons. The molecule has 0 saturated heterocycles. The van der Waals surface area contributed by atoms with Gasteiger partial charge in [-0.1, -0.05) is 12.1 Å². The molecular weight excluding hydrogens is 270 g/mol. The normalized spacial score (nSPS) is 10.6. The van der Waals surface area contributed by atoms with Gasteiger partial charge < -0.3 is 14.8 Å². The molecule has 1 aromatic carbocycles. The summed E-state index contributed by atoms with van der Waals surface area (Å²) in [5.74, 6) is -0.178. The standard InChI is InChI=1S/C16H23NO4/c1-3-20-15(21-4-2)9-6-10-17-16(19)14-8-5-7-13(11-14)12-18/h5,7-8,11-12,15H,3-4,6,9-10H2,1-2H3,(H,17,19). The summed E-state index contributed by atoms with van der Waals surface area (Å²) < 4.78 is 10.9. The maximum absolute atomic E-state index is 11.9. The second-order valence-corrected chi connectivity index (χ2v) is 4.48. The highest BCUT2D eigenvalue weighted by atomic mass is 16.7. The molecule has 1 amide bonds. The van der Waals surface area contributed by atoms with Gasteiger partial charge in [-0.3, -0.25) is 9.59 Å². The van der Waals surface area contributed by atoms with E-state index < -0.39 is 0 Å². The van der Waals surface area contributed by atoms with Crippen molar-refractivity contribution in [2.24, 2.45) is 0 Å². The second kappa shape index (κ2) is 10.1. The molecule has 5 nitrogen and oxygen atoms in total. The third-order valence-electron chi connectivity index (χ3n) is 2.89. The Bertz CT molecular complexity index is 442. The Morgan fingerprint density at radius 1 is 1.29 bits per heavy atom. The van der Waals surface area contributed by atoms with Crippen LogP contribution in [0.4, 0.5) is 0 Å². The van der Waals surface area contributed by atoms with E-state index in [4.69, 9.17) is 9.47 Å². The summed E-state index contributed by atoms with van der Waals surface area (Å²) in [7, 11) is 0. The Labute approximate surface area is 125 Å². The van der Waals surface area contributed by atoms with E-state index in [1.807, 2.05) is 13.8 Å². The molecule has 5 heteroatoms. The summed E-state index contributed by atoms with van der Waals surface area (Å²) in [6, 6.07) is 6.62. The summed E-state index contributed by atoms with van der Waals surface area (Å²) in [5, 5.41) is 2.82. The van der Waals surface area contributed by atoms with Crippen LogP contribution in [-0.4, -0.2) is 38.2 Å². The van der Waals surface area contributed by atoms with Crippen LogP contribution in [0, 0.1) is 0 Å². The lowest BCUT2D eigenvalue weighted by Crippen LogP contribution is -2.26. The molecule has 1 aromatic rings. The molecule has 0 spiro atoms. The minimum atomic E-state index is -0.213. The number of carbonyl (C=O) groups is 2. The SMILES string of the molecule is CCOC(CCCNC(=O)c1cccc(C=O)c1)OCC. The molecule has 0 fully saturated rings. The molecule has 0 radical (unpaired) electrons. The Morgan fingerprint density at radius 3 is 2.62 bits per heavy atom. The van der Waals surface area contributed by atoms with E-state index in [1.165, 1.54) is 0 Å². The highest BCUT2D eigenvalue weighted by Crippen LogP contribution is 2.05. The lowest BCUT2D eigenvalue weighted by molar-refractivity contribution is -0.139. The molecule has 0 heterocycles. The van der Waals surface area contributed by atoms with Crippen LogP contribution in [0.3, 0.4) is 0 Å². The molecule has 0 atom stereocenters. The van der Waals surface area contributed by atoms with E-state index in [2.05, 4.69) is 5.32 Å². The van der Waals surface area contributed by atoms with E-state index in [-0.39, 0.29) is 12.2 Å². The van der Waals surface area contributed by atoms with Crippen molar-refractivity contribution in [3.05, 3.63) is 35.4 Å². The van der Waals surface area contributed by atoms with Gasteiger partial charge >= 0.3 is 0 Å². The zero-order chi connectivity index (χ0) is 15.5. The molecule has 0 bridgehead atoms. The monoisotopic (exact) mass is 293 g/mol. The number of hydrogen-bond donors (Lipinski definition) is 1. The number of hydrogen-bond acceptors (Lipinski definition) is 4. The molecule has 0 aromatic heterocycles. The zero-order valence-corrected chi connectivity index (χ0v) is 12.6. The quantitative estimate of drug-likeness (QED) is 0.409. The van der Waals surface area contributed by atoms with Gasteiger partial charge in [0.05, 0.1) is 0 Å². The van der Waals surface area contributed by atoms with E-state index in [0.29, 0.717) is 30.9 Å². The fraction of sp³-hybridized carbons (Fsp3) is 0.500. The molecule has 1 rings (SSSR count). The summed E-state index contributed by atoms with van der Waals surface area (Å²) in [5.41, 5.74) is 0.987. The summed E-state index contributed by atoms with van der Waals surface area (Å²) >= 11 is 0. The van der Waals surface area contributed by atoms with Crippen LogP contribution in [0.15, 0.2) is 24.3 Å². The van der Waals surface area contributed by atoms with E-state index in [0.717, 1.165) is 19.1 Å². The second-order valence-electron chi connectivity index (χ2n) is 4.48. The lowest BCUT2D eigenvalue weighted by atomic mass is 10.1. The zero-order valence-electron chi connectivity index (χ0n) is 12.6. The Balaban J connectivity index is 2.34. The number of aldehydes is 1. The third-order valence-corrected chi connectivity index (χ3v) is 2.89. The molecular formula is C16H23NO4. The largest absolute Gasteiger partial charge is 0.353 e. The molecule has 0 unspecified atom stereocenters. The van der Waals surface area contributed by atoms with Crippen LogP contribution in [-0.2, 0) is 9.47 Å². The van der Waals surface area contributed by atoms with Crippen molar-refractivity contribution in [2.75, 3.05) is 19.8 Å². The third kappa shape index (κ3) is 6.51. The van der Waals surface area contributed by atoms with Gasteiger partial charge in [0, 0.05) is 37.3 Å². The first-order valence-electron chi connectivity index (χ1n) is 7.27. The van der Waals surface area contributed by atoms with Crippen molar-refractivity contribution in [1.29, 1.82) is 0 Å². The minimum Gasteiger partial charge on any atom is -0.353 e. The highest BCUT2D eigenvalue weighted by molar-refractivity contribution is 5.95. The highest BCUT2D eigenvalue weighted by Gasteiger charge is 2.09. The van der Waals surface area contributed by atoms with Crippen molar-refractivity contribution in [2.45, 2.75) is 33.0 Å². The Morgan fingerprint density at radius 2 is 2.00 bits per heavy atom. The molecule has 0 aliphatic carbocycles. The van der Waals surface area contributed by atoms with Crippen LogP contribution in [0.5, 0.6) is 0 Å². The van der Waals surface area contributed by atoms with Gasteiger partial charge in [0.2, 0.25) is 0 Å². The van der Waals surface area contributed by atoms with Crippen molar-refractivity contribution in [1.82, 2.24) is 5.32 Å². The molecule has 1 N–H and O–H groups in total. The number of rotatable bonds is 10. The predicted octanol–water partition coefficient (Wildman–Crippen LogP) is 2.41. The van der Waals surface area contributed by atoms with Gasteiger partial charge in [-0.05, 0) is 32.4 Å². The molecule has 0 aliphatic heterocycles. The summed E-state index contributed by atoms with van der Waals surface area (Å²) in [6.07, 6.45) is 2.02. The van der Waals surface area contributed by atoms with Crippen molar-refractivity contribution >= 4 is 12.2 Å². The fourth-order valence-electron chi connectivity index (χ4n) is 1.91. The van der Waals surface area contributed by atoms with Gasteiger partial charge in [0.25, 0.3) is 5.91 Å². The van der Waals surface area contributed by atoms with Crippen molar-refractivity contribution in [3.8, 4) is 0 Å². The first-order chi connectivity index (χ1) is 10.2. The topological polar surface area (TPSA) is 64.6 Å². The number of benzene rings is 1. The first-order valence-corrected chi connectivity index (χ1v) is 7.27. The van der Waals surface area contributed by atoms with Crippen molar-refractivity contribution in [3.63, 3.8) is 0 Å². The van der Waals surface area contributed by atoms with Crippen LogP contribution < -0.4 is 5.32 Å². The number of carbonyl (C=O) groups excluding carboxylic acids is 2. The first kappa shape index (κ1) is 17.3. The van der Waals surface area contributed by atoms with Crippen LogP contribution in [0.25, 0.3) is 0 Å². The van der Waals surface area contributed by atoms with E-state index >= 15 is 0 Å². The van der Waals surface area contributed by atoms with Gasteiger partial charge in [-0.15, -0.1) is 0 Å². The summed E-state index contributed by atoms with van der Waals surface area (Å²) in [6.45, 7) is 5.60. The average Bonchev–Trinajstić information content (AvgIpc) is 2.51. The number of amides is 1. The van der Waals surface area contributed by atoms with E-state index in [1.54, 1.807) is 24.3 Å². The maximum atomic E-state index is 11.9. The Kier molecular flexibility index (Phi) is 8.31.